The Balaban J connectivity index is 2.06. The van der Waals surface area contributed by atoms with Crippen molar-refractivity contribution in [3.8, 4) is 6.19 Å². The Labute approximate surface area is 101 Å². The van der Waals surface area contributed by atoms with Gasteiger partial charge >= 0.3 is 0 Å². The molecule has 1 aliphatic rings. The molecule has 1 aromatic rings. The predicted molar refractivity (Wildman–Crippen MR) is 63.0 cm³/mol. The smallest absolute Gasteiger partial charge is 0.208 e. The highest BCUT2D eigenvalue weighted by atomic mass is 35.5. The van der Waals surface area contributed by atoms with Crippen LogP contribution in [-0.2, 0) is 6.54 Å². The first-order chi connectivity index (χ1) is 7.29. The lowest BCUT2D eigenvalue weighted by Crippen LogP contribution is -2.23. The fraction of sp³-hybridized carbons (Fsp3) is 0.375. The molecule has 2 rings (SSSR count). The number of nitrogens with zero attached hydrogens (tertiary/aromatic N) is 4. The van der Waals surface area contributed by atoms with Gasteiger partial charge < -0.3 is 4.90 Å². The van der Waals surface area contributed by atoms with Crippen LogP contribution in [0, 0.1) is 11.5 Å². The molecule has 1 aliphatic heterocycles. The van der Waals surface area contributed by atoms with E-state index in [-0.39, 0.29) is 0 Å². The molecule has 1 aromatic heterocycles. The fourth-order valence-corrected chi connectivity index (χ4v) is 3.20. The van der Waals surface area contributed by atoms with Crippen LogP contribution in [0.15, 0.2) is 11.2 Å². The van der Waals surface area contributed by atoms with Crippen molar-refractivity contribution in [3.63, 3.8) is 0 Å². The zero-order chi connectivity index (χ0) is 10.7. The standard InChI is InChI=1S/C8H7ClN4S2/c9-7-11-3-6(15-7)4-13-1-2-14-8(13)12-5-10/h3H,1-2,4H2/b12-8-. The second kappa shape index (κ2) is 4.84. The molecule has 0 unspecified atom stereocenters. The number of nitriles is 1. The number of hydrogen-bond donors (Lipinski definition) is 0. The average Bonchev–Trinajstić information content (AvgIpc) is 2.78. The molecule has 4 nitrogen and oxygen atoms in total. The number of rotatable bonds is 2. The van der Waals surface area contributed by atoms with Crippen molar-refractivity contribution in [2.24, 2.45) is 4.99 Å². The predicted octanol–water partition coefficient (Wildman–Crippen LogP) is 2.18. The van der Waals surface area contributed by atoms with Gasteiger partial charge in [0, 0.05) is 23.4 Å². The third-order valence-corrected chi connectivity index (χ3v) is 3.97. The average molecular weight is 259 g/mol. The number of thioether (sulfide) groups is 1. The lowest BCUT2D eigenvalue weighted by atomic mass is 10.5. The van der Waals surface area contributed by atoms with E-state index in [1.54, 1.807) is 18.0 Å². The van der Waals surface area contributed by atoms with Crippen LogP contribution >= 0.6 is 34.7 Å². The molecule has 0 radical (unpaired) electrons. The van der Waals surface area contributed by atoms with E-state index in [4.69, 9.17) is 16.9 Å². The van der Waals surface area contributed by atoms with Crippen LogP contribution in [0.1, 0.15) is 4.88 Å². The van der Waals surface area contributed by atoms with E-state index in [1.165, 1.54) is 11.3 Å². The second-order valence-electron chi connectivity index (χ2n) is 2.84. The molecule has 0 bridgehead atoms. The lowest BCUT2D eigenvalue weighted by Gasteiger charge is -2.14. The Morgan fingerprint density at radius 2 is 2.60 bits per heavy atom. The zero-order valence-corrected chi connectivity index (χ0v) is 10.1. The fourth-order valence-electron chi connectivity index (χ4n) is 1.27. The van der Waals surface area contributed by atoms with Crippen molar-refractivity contribution in [2.75, 3.05) is 12.3 Å². The number of thiazole rings is 1. The maximum Gasteiger partial charge on any atom is 0.208 e. The van der Waals surface area contributed by atoms with E-state index < -0.39 is 0 Å². The van der Waals surface area contributed by atoms with Crippen molar-refractivity contribution in [2.45, 2.75) is 6.54 Å². The van der Waals surface area contributed by atoms with E-state index in [2.05, 4.69) is 14.9 Å². The Morgan fingerprint density at radius 1 is 1.73 bits per heavy atom. The number of halogens is 1. The molecule has 0 aliphatic carbocycles. The third kappa shape index (κ3) is 2.62. The highest BCUT2D eigenvalue weighted by molar-refractivity contribution is 8.14. The maximum absolute atomic E-state index is 8.51. The first-order valence-electron chi connectivity index (χ1n) is 4.24. The topological polar surface area (TPSA) is 52.3 Å². The zero-order valence-electron chi connectivity index (χ0n) is 7.68. The molecule has 2 heterocycles. The normalized spacial score (nSPS) is 18.4. The lowest BCUT2D eigenvalue weighted by molar-refractivity contribution is 0.461. The van der Waals surface area contributed by atoms with Crippen LogP contribution < -0.4 is 0 Å². The highest BCUT2D eigenvalue weighted by Crippen LogP contribution is 2.24. The molecular weight excluding hydrogens is 252 g/mol. The van der Waals surface area contributed by atoms with Crippen molar-refractivity contribution < 1.29 is 0 Å². The molecule has 0 spiro atoms. The van der Waals surface area contributed by atoms with Gasteiger partial charge in [-0.15, -0.1) is 16.3 Å². The van der Waals surface area contributed by atoms with Crippen LogP contribution in [0.5, 0.6) is 0 Å². The minimum Gasteiger partial charge on any atom is -0.345 e. The van der Waals surface area contributed by atoms with Crippen molar-refractivity contribution in [3.05, 3.63) is 15.5 Å². The Hall–Kier alpha value is -0.770. The van der Waals surface area contributed by atoms with Gasteiger partial charge in [-0.05, 0) is 0 Å². The molecule has 0 aromatic carbocycles. The molecular formula is C8H7ClN4S2. The van der Waals surface area contributed by atoms with Gasteiger partial charge in [0.05, 0.1) is 6.54 Å². The van der Waals surface area contributed by atoms with E-state index in [0.29, 0.717) is 4.47 Å². The number of hydrogen-bond acceptors (Lipinski definition) is 5. The molecule has 7 heteroatoms. The van der Waals surface area contributed by atoms with Gasteiger partial charge in [0.1, 0.15) is 0 Å². The summed E-state index contributed by atoms with van der Waals surface area (Å²) in [6.45, 7) is 1.65. The number of aliphatic imine (C=N–C) groups is 1. The SMILES string of the molecule is N#C/N=C1\SCCN1Cc1cnc(Cl)s1. The van der Waals surface area contributed by atoms with Crippen LogP contribution in [0.25, 0.3) is 0 Å². The Bertz CT molecular complexity index is 423. The first-order valence-corrected chi connectivity index (χ1v) is 6.42. The number of aromatic nitrogens is 1. The largest absolute Gasteiger partial charge is 0.345 e. The molecule has 15 heavy (non-hydrogen) atoms. The minimum atomic E-state index is 0.552. The molecule has 0 saturated carbocycles. The van der Waals surface area contributed by atoms with Gasteiger partial charge in [0.2, 0.25) is 6.19 Å². The molecule has 0 N–H and O–H groups in total. The second-order valence-corrected chi connectivity index (χ2v) is 5.60. The molecule has 0 amide bonds. The van der Waals surface area contributed by atoms with Gasteiger partial charge in [-0.2, -0.15) is 5.26 Å². The molecule has 1 saturated heterocycles. The third-order valence-electron chi connectivity index (χ3n) is 1.88. The Kier molecular flexibility index (Phi) is 3.46. The minimum absolute atomic E-state index is 0.552. The van der Waals surface area contributed by atoms with Crippen LogP contribution in [0.3, 0.4) is 0 Å². The van der Waals surface area contributed by atoms with Crippen LogP contribution in [-0.4, -0.2) is 27.3 Å². The van der Waals surface area contributed by atoms with E-state index in [9.17, 15) is 0 Å². The van der Waals surface area contributed by atoms with Crippen LogP contribution in [0.4, 0.5) is 0 Å². The highest BCUT2D eigenvalue weighted by Gasteiger charge is 2.20. The summed E-state index contributed by atoms with van der Waals surface area (Å²) in [7, 11) is 0. The molecule has 78 valence electrons. The van der Waals surface area contributed by atoms with Gasteiger partial charge in [-0.3, -0.25) is 0 Å². The van der Waals surface area contributed by atoms with Gasteiger partial charge in [0.25, 0.3) is 0 Å². The summed E-state index contributed by atoms with van der Waals surface area (Å²) in [5.41, 5.74) is 0. The number of amidine groups is 1. The molecule has 0 atom stereocenters. The summed E-state index contributed by atoms with van der Waals surface area (Å²) in [6.07, 6.45) is 3.58. The van der Waals surface area contributed by atoms with Crippen molar-refractivity contribution >= 4 is 39.9 Å². The first kappa shape index (κ1) is 10.7. The van der Waals surface area contributed by atoms with Gasteiger partial charge in [-0.25, -0.2) is 4.98 Å². The summed E-state index contributed by atoms with van der Waals surface area (Å²) in [5.74, 6) is 0.979. The van der Waals surface area contributed by atoms with Crippen LogP contribution in [0.2, 0.25) is 4.47 Å². The van der Waals surface area contributed by atoms with E-state index >= 15 is 0 Å². The monoisotopic (exact) mass is 258 g/mol. The summed E-state index contributed by atoms with van der Waals surface area (Å²) >= 11 is 8.81. The summed E-state index contributed by atoms with van der Waals surface area (Å²) in [6, 6.07) is 0. The Morgan fingerprint density at radius 3 is 3.27 bits per heavy atom. The van der Waals surface area contributed by atoms with Gasteiger partial charge in [0.15, 0.2) is 9.63 Å². The van der Waals surface area contributed by atoms with Gasteiger partial charge in [-0.1, -0.05) is 23.4 Å². The van der Waals surface area contributed by atoms with Crippen molar-refractivity contribution in [1.82, 2.24) is 9.88 Å². The van der Waals surface area contributed by atoms with Crippen molar-refractivity contribution in [1.29, 1.82) is 5.26 Å². The summed E-state index contributed by atoms with van der Waals surface area (Å²) in [4.78, 5) is 10.9. The summed E-state index contributed by atoms with van der Waals surface area (Å²) in [5, 5.41) is 9.30. The quantitative estimate of drug-likeness (QED) is 0.763. The summed E-state index contributed by atoms with van der Waals surface area (Å²) < 4.78 is 0.552. The maximum atomic E-state index is 8.51. The van der Waals surface area contributed by atoms with E-state index in [0.717, 1.165) is 28.9 Å². The van der Waals surface area contributed by atoms with E-state index in [1.807, 2.05) is 6.19 Å². The molecule has 1 fully saturated rings.